The maximum atomic E-state index is 12.4. The fourth-order valence-corrected chi connectivity index (χ4v) is 2.16. The Hall–Kier alpha value is -1.82. The van der Waals surface area contributed by atoms with Crippen molar-refractivity contribution in [1.82, 2.24) is 5.32 Å². The lowest BCUT2D eigenvalue weighted by Crippen LogP contribution is -2.52. The highest BCUT2D eigenvalue weighted by molar-refractivity contribution is 7.83. The number of carboxylic acids is 1. The van der Waals surface area contributed by atoms with Crippen LogP contribution in [0.2, 0.25) is 0 Å². The predicted octanol–water partition coefficient (Wildman–Crippen LogP) is 2.17. The standard InChI is InChI=1S/C16H21NO4S/c1-10(2)9-12(14(19)20)17-15(21)16(3,22)13(18)11-7-5-4-6-8-11/h4-8,10,12,22H,9H2,1-3H3,(H,17,21)(H,19,20). The van der Waals surface area contributed by atoms with Crippen LogP contribution in [0.4, 0.5) is 0 Å². The van der Waals surface area contributed by atoms with E-state index in [9.17, 15) is 14.4 Å². The summed E-state index contributed by atoms with van der Waals surface area (Å²) in [4.78, 5) is 35.9. The van der Waals surface area contributed by atoms with E-state index < -0.39 is 28.4 Å². The van der Waals surface area contributed by atoms with Crippen LogP contribution in [-0.4, -0.2) is 33.6 Å². The zero-order chi connectivity index (χ0) is 16.9. The van der Waals surface area contributed by atoms with E-state index >= 15 is 0 Å². The van der Waals surface area contributed by atoms with Gasteiger partial charge in [0.15, 0.2) is 10.5 Å². The molecule has 0 aliphatic heterocycles. The van der Waals surface area contributed by atoms with E-state index in [2.05, 4.69) is 17.9 Å². The number of carbonyl (C=O) groups is 3. The van der Waals surface area contributed by atoms with Gasteiger partial charge in [-0.25, -0.2) is 4.79 Å². The van der Waals surface area contributed by atoms with E-state index in [-0.39, 0.29) is 12.3 Å². The number of carbonyl (C=O) groups excluding carboxylic acids is 2. The molecule has 1 amide bonds. The first-order valence-electron chi connectivity index (χ1n) is 7.02. The molecule has 0 fully saturated rings. The average molecular weight is 323 g/mol. The number of thiol groups is 1. The van der Waals surface area contributed by atoms with Gasteiger partial charge in [-0.1, -0.05) is 44.2 Å². The monoisotopic (exact) mass is 323 g/mol. The highest BCUT2D eigenvalue weighted by atomic mass is 32.1. The van der Waals surface area contributed by atoms with E-state index in [1.165, 1.54) is 6.92 Å². The molecule has 2 atom stereocenters. The van der Waals surface area contributed by atoms with Crippen molar-refractivity contribution in [2.75, 3.05) is 0 Å². The van der Waals surface area contributed by atoms with Crippen LogP contribution >= 0.6 is 12.6 Å². The molecule has 1 aromatic carbocycles. The Morgan fingerprint density at radius 3 is 2.23 bits per heavy atom. The SMILES string of the molecule is CC(C)CC(NC(=O)C(C)(S)C(=O)c1ccccc1)C(=O)O. The molecule has 0 aromatic heterocycles. The summed E-state index contributed by atoms with van der Waals surface area (Å²) in [6.07, 6.45) is 0.282. The fraction of sp³-hybridized carbons (Fsp3) is 0.438. The van der Waals surface area contributed by atoms with E-state index in [0.29, 0.717) is 5.56 Å². The number of aliphatic carboxylic acids is 1. The quantitative estimate of drug-likeness (QED) is 0.408. The topological polar surface area (TPSA) is 83.5 Å². The lowest BCUT2D eigenvalue weighted by Gasteiger charge is -2.24. The van der Waals surface area contributed by atoms with Crippen LogP contribution in [0.1, 0.15) is 37.6 Å². The molecule has 5 nitrogen and oxygen atoms in total. The van der Waals surface area contributed by atoms with Gasteiger partial charge in [-0.05, 0) is 19.3 Å². The summed E-state index contributed by atoms with van der Waals surface area (Å²) in [5, 5.41) is 11.6. The van der Waals surface area contributed by atoms with Crippen LogP contribution in [0.3, 0.4) is 0 Å². The average Bonchev–Trinajstić information content (AvgIpc) is 2.45. The number of carboxylic acid groups (broad SMARTS) is 1. The van der Waals surface area contributed by atoms with Gasteiger partial charge >= 0.3 is 5.97 Å². The van der Waals surface area contributed by atoms with Gasteiger partial charge in [-0.2, -0.15) is 12.6 Å². The number of Topliss-reactive ketones (excluding diaryl/α,β-unsaturated/α-hetero) is 1. The summed E-state index contributed by atoms with van der Waals surface area (Å²) in [6, 6.07) is 7.28. The van der Waals surface area contributed by atoms with Crippen molar-refractivity contribution in [3.8, 4) is 0 Å². The molecule has 0 spiro atoms. The number of ketones is 1. The maximum absolute atomic E-state index is 12.4. The third-order valence-corrected chi connectivity index (χ3v) is 3.64. The molecule has 0 bridgehead atoms. The summed E-state index contributed by atoms with van der Waals surface area (Å²) in [5.41, 5.74) is 0.353. The molecule has 0 radical (unpaired) electrons. The molecule has 2 unspecified atom stereocenters. The van der Waals surface area contributed by atoms with Crippen LogP contribution in [0.25, 0.3) is 0 Å². The summed E-state index contributed by atoms with van der Waals surface area (Å²) in [6.45, 7) is 5.09. The summed E-state index contributed by atoms with van der Waals surface area (Å²) in [7, 11) is 0. The van der Waals surface area contributed by atoms with Crippen LogP contribution in [0.15, 0.2) is 30.3 Å². The Kier molecular flexibility index (Phi) is 6.17. The Labute approximate surface area is 135 Å². The fourth-order valence-electron chi connectivity index (χ4n) is 1.97. The van der Waals surface area contributed by atoms with E-state index in [4.69, 9.17) is 5.11 Å². The molecule has 0 heterocycles. The third-order valence-electron chi connectivity index (χ3n) is 3.23. The maximum Gasteiger partial charge on any atom is 0.326 e. The van der Waals surface area contributed by atoms with Gasteiger partial charge in [0.1, 0.15) is 6.04 Å². The Morgan fingerprint density at radius 1 is 1.23 bits per heavy atom. The molecule has 22 heavy (non-hydrogen) atoms. The zero-order valence-corrected chi connectivity index (χ0v) is 13.8. The number of hydrogen-bond acceptors (Lipinski definition) is 4. The minimum atomic E-state index is -1.63. The molecule has 0 aliphatic rings. The molecule has 6 heteroatoms. The van der Waals surface area contributed by atoms with Gasteiger partial charge < -0.3 is 10.4 Å². The van der Waals surface area contributed by atoms with Gasteiger partial charge in [0.05, 0.1) is 0 Å². The highest BCUT2D eigenvalue weighted by Gasteiger charge is 2.39. The minimum absolute atomic E-state index is 0.0948. The van der Waals surface area contributed by atoms with Crippen molar-refractivity contribution < 1.29 is 19.5 Å². The van der Waals surface area contributed by atoms with Gasteiger partial charge in [0.2, 0.25) is 5.91 Å². The van der Waals surface area contributed by atoms with E-state index in [1.807, 2.05) is 13.8 Å². The largest absolute Gasteiger partial charge is 0.480 e. The smallest absolute Gasteiger partial charge is 0.326 e. The van der Waals surface area contributed by atoms with Crippen molar-refractivity contribution in [2.24, 2.45) is 5.92 Å². The lowest BCUT2D eigenvalue weighted by molar-refractivity contribution is -0.142. The number of nitrogens with one attached hydrogen (secondary N) is 1. The summed E-state index contributed by atoms with van der Waals surface area (Å²) in [5.74, 6) is -2.21. The van der Waals surface area contributed by atoms with Crippen molar-refractivity contribution in [3.05, 3.63) is 35.9 Å². The number of rotatable bonds is 7. The molecule has 120 valence electrons. The van der Waals surface area contributed by atoms with E-state index in [1.54, 1.807) is 30.3 Å². The third kappa shape index (κ3) is 4.59. The van der Waals surface area contributed by atoms with Crippen molar-refractivity contribution in [3.63, 3.8) is 0 Å². The molecule has 0 saturated heterocycles. The minimum Gasteiger partial charge on any atom is -0.480 e. The van der Waals surface area contributed by atoms with Gasteiger partial charge in [-0.15, -0.1) is 0 Å². The Balaban J connectivity index is 2.89. The van der Waals surface area contributed by atoms with Crippen LogP contribution in [-0.2, 0) is 9.59 Å². The predicted molar refractivity (Wildman–Crippen MR) is 87.2 cm³/mol. The molecule has 0 saturated carbocycles. The number of hydrogen-bond donors (Lipinski definition) is 3. The first kappa shape index (κ1) is 18.2. The van der Waals surface area contributed by atoms with Gasteiger partial charge in [0, 0.05) is 5.56 Å². The molecular formula is C16H21NO4S. The molecule has 0 aliphatic carbocycles. The Bertz CT molecular complexity index is 555. The van der Waals surface area contributed by atoms with Crippen molar-refractivity contribution >= 4 is 30.3 Å². The molecule has 1 rings (SSSR count). The second-order valence-electron chi connectivity index (χ2n) is 5.76. The lowest BCUT2D eigenvalue weighted by atomic mass is 9.96. The van der Waals surface area contributed by atoms with Crippen molar-refractivity contribution in [2.45, 2.75) is 38.0 Å². The first-order valence-corrected chi connectivity index (χ1v) is 7.47. The summed E-state index contributed by atoms with van der Waals surface area (Å²) < 4.78 is -1.63. The molecule has 2 N–H and O–H groups in total. The molecule has 1 aromatic rings. The normalized spacial score (nSPS) is 15.0. The first-order chi connectivity index (χ1) is 10.2. The molecular weight excluding hydrogens is 302 g/mol. The van der Waals surface area contributed by atoms with Crippen LogP contribution in [0, 0.1) is 5.92 Å². The second kappa shape index (κ2) is 7.45. The Morgan fingerprint density at radius 2 is 1.77 bits per heavy atom. The van der Waals surface area contributed by atoms with Crippen molar-refractivity contribution in [1.29, 1.82) is 0 Å². The number of amides is 1. The highest BCUT2D eigenvalue weighted by Crippen LogP contribution is 2.21. The number of benzene rings is 1. The van der Waals surface area contributed by atoms with Crippen LogP contribution in [0.5, 0.6) is 0 Å². The zero-order valence-electron chi connectivity index (χ0n) is 12.9. The second-order valence-corrected chi connectivity index (χ2v) is 6.66. The van der Waals surface area contributed by atoms with E-state index in [0.717, 1.165) is 0 Å². The van der Waals surface area contributed by atoms with Crippen LogP contribution < -0.4 is 5.32 Å². The van der Waals surface area contributed by atoms with Gasteiger partial charge in [-0.3, -0.25) is 9.59 Å². The van der Waals surface area contributed by atoms with Gasteiger partial charge in [0.25, 0.3) is 0 Å². The summed E-state index contributed by atoms with van der Waals surface area (Å²) >= 11 is 4.17.